The monoisotopic (exact) mass is 298 g/mol. The molecule has 17 heavy (non-hydrogen) atoms. The van der Waals surface area contributed by atoms with Gasteiger partial charge in [0.05, 0.1) is 12.2 Å². The minimum atomic E-state index is 0.0376. The van der Waals surface area contributed by atoms with Crippen molar-refractivity contribution in [2.24, 2.45) is 11.7 Å². The highest BCUT2D eigenvalue weighted by molar-refractivity contribution is 9.10. The molecule has 0 radical (unpaired) electrons. The van der Waals surface area contributed by atoms with Crippen LogP contribution in [-0.2, 0) is 0 Å². The normalized spacial score (nSPS) is 12.2. The maximum Gasteiger partial charge on any atom is 0.131 e. The SMILES string of the molecule is CCCC(C)COc1cc(Br)ccc1C(=N)N. The van der Waals surface area contributed by atoms with Crippen LogP contribution in [0, 0.1) is 11.3 Å². The fourth-order valence-corrected chi connectivity index (χ4v) is 1.99. The predicted molar refractivity (Wildman–Crippen MR) is 74.7 cm³/mol. The van der Waals surface area contributed by atoms with Crippen LogP contribution in [-0.4, -0.2) is 12.4 Å². The van der Waals surface area contributed by atoms with Crippen molar-refractivity contribution in [1.82, 2.24) is 0 Å². The number of hydrogen-bond donors (Lipinski definition) is 2. The summed E-state index contributed by atoms with van der Waals surface area (Å²) in [4.78, 5) is 0. The number of rotatable bonds is 6. The van der Waals surface area contributed by atoms with Crippen molar-refractivity contribution in [3.8, 4) is 5.75 Å². The van der Waals surface area contributed by atoms with Crippen LogP contribution in [0.5, 0.6) is 5.75 Å². The highest BCUT2D eigenvalue weighted by Crippen LogP contribution is 2.24. The Morgan fingerprint density at radius 1 is 1.53 bits per heavy atom. The number of ether oxygens (including phenoxy) is 1. The molecule has 3 N–H and O–H groups in total. The van der Waals surface area contributed by atoms with E-state index in [4.69, 9.17) is 15.9 Å². The third-order valence-corrected chi connectivity index (χ3v) is 3.03. The molecule has 1 aromatic carbocycles. The summed E-state index contributed by atoms with van der Waals surface area (Å²) in [6, 6.07) is 5.51. The molecule has 0 fully saturated rings. The van der Waals surface area contributed by atoms with E-state index in [2.05, 4.69) is 29.8 Å². The zero-order chi connectivity index (χ0) is 12.8. The van der Waals surface area contributed by atoms with Crippen molar-refractivity contribution < 1.29 is 4.74 Å². The quantitative estimate of drug-likeness (QED) is 0.623. The molecule has 1 atom stereocenters. The first-order valence-electron chi connectivity index (χ1n) is 5.81. The molecule has 1 rings (SSSR count). The van der Waals surface area contributed by atoms with Gasteiger partial charge in [-0.05, 0) is 30.5 Å². The van der Waals surface area contributed by atoms with E-state index in [1.54, 1.807) is 6.07 Å². The van der Waals surface area contributed by atoms with Gasteiger partial charge in [0.25, 0.3) is 0 Å². The molecule has 0 aliphatic rings. The Morgan fingerprint density at radius 3 is 2.82 bits per heavy atom. The van der Waals surface area contributed by atoms with Crippen LogP contribution in [0.15, 0.2) is 22.7 Å². The Bertz CT molecular complexity index is 393. The van der Waals surface area contributed by atoms with Crippen molar-refractivity contribution in [2.45, 2.75) is 26.7 Å². The summed E-state index contributed by atoms with van der Waals surface area (Å²) in [5, 5.41) is 7.50. The summed E-state index contributed by atoms with van der Waals surface area (Å²) < 4.78 is 6.67. The minimum Gasteiger partial charge on any atom is -0.493 e. The number of benzene rings is 1. The number of hydrogen-bond acceptors (Lipinski definition) is 2. The fourth-order valence-electron chi connectivity index (χ4n) is 1.65. The first-order valence-corrected chi connectivity index (χ1v) is 6.60. The van der Waals surface area contributed by atoms with E-state index in [0.717, 1.165) is 17.3 Å². The smallest absolute Gasteiger partial charge is 0.131 e. The minimum absolute atomic E-state index is 0.0376. The lowest BCUT2D eigenvalue weighted by Crippen LogP contribution is -2.15. The second-order valence-corrected chi connectivity index (χ2v) is 5.17. The maximum absolute atomic E-state index is 7.50. The molecule has 0 spiro atoms. The van der Waals surface area contributed by atoms with Crippen LogP contribution in [0.2, 0.25) is 0 Å². The van der Waals surface area contributed by atoms with Gasteiger partial charge in [0.1, 0.15) is 11.6 Å². The van der Waals surface area contributed by atoms with Crippen molar-refractivity contribution in [2.75, 3.05) is 6.61 Å². The highest BCUT2D eigenvalue weighted by Gasteiger charge is 2.09. The molecule has 0 amide bonds. The Morgan fingerprint density at radius 2 is 2.24 bits per heavy atom. The number of amidine groups is 1. The summed E-state index contributed by atoms with van der Waals surface area (Å²) in [5.74, 6) is 1.23. The van der Waals surface area contributed by atoms with Crippen LogP contribution in [0.4, 0.5) is 0 Å². The largest absolute Gasteiger partial charge is 0.493 e. The van der Waals surface area contributed by atoms with Gasteiger partial charge in [0.15, 0.2) is 0 Å². The van der Waals surface area contributed by atoms with Crippen LogP contribution in [0.3, 0.4) is 0 Å². The van der Waals surface area contributed by atoms with Gasteiger partial charge < -0.3 is 10.5 Å². The van der Waals surface area contributed by atoms with E-state index < -0.39 is 0 Å². The van der Waals surface area contributed by atoms with Gasteiger partial charge in [-0.15, -0.1) is 0 Å². The lowest BCUT2D eigenvalue weighted by molar-refractivity contribution is 0.251. The Hall–Kier alpha value is -1.03. The zero-order valence-electron chi connectivity index (χ0n) is 10.3. The van der Waals surface area contributed by atoms with E-state index in [-0.39, 0.29) is 5.84 Å². The van der Waals surface area contributed by atoms with E-state index in [9.17, 15) is 0 Å². The Balaban J connectivity index is 2.75. The molecule has 94 valence electrons. The average molecular weight is 299 g/mol. The number of nitrogen functional groups attached to an aromatic ring is 1. The van der Waals surface area contributed by atoms with E-state index in [1.807, 2.05) is 12.1 Å². The first-order chi connectivity index (χ1) is 8.04. The summed E-state index contributed by atoms with van der Waals surface area (Å²) in [7, 11) is 0. The van der Waals surface area contributed by atoms with Gasteiger partial charge in [0, 0.05) is 4.47 Å². The molecule has 4 heteroatoms. The van der Waals surface area contributed by atoms with E-state index in [0.29, 0.717) is 23.8 Å². The molecule has 3 nitrogen and oxygen atoms in total. The number of halogens is 1. The Kier molecular flexibility index (Phi) is 5.48. The predicted octanol–water partition coefficient (Wildman–Crippen LogP) is 3.55. The molecular weight excluding hydrogens is 280 g/mol. The molecular formula is C13H19BrN2O. The summed E-state index contributed by atoms with van der Waals surface area (Å²) in [6.07, 6.45) is 2.30. The number of nitrogens with two attached hydrogens (primary N) is 1. The molecule has 0 saturated heterocycles. The molecule has 0 aliphatic carbocycles. The highest BCUT2D eigenvalue weighted by atomic mass is 79.9. The first kappa shape index (κ1) is 14.0. The van der Waals surface area contributed by atoms with E-state index in [1.165, 1.54) is 0 Å². The van der Waals surface area contributed by atoms with E-state index >= 15 is 0 Å². The van der Waals surface area contributed by atoms with Gasteiger partial charge in [-0.3, -0.25) is 5.41 Å². The zero-order valence-corrected chi connectivity index (χ0v) is 11.9. The van der Waals surface area contributed by atoms with Crippen molar-refractivity contribution in [1.29, 1.82) is 5.41 Å². The standard InChI is InChI=1S/C13H19BrN2O/c1-3-4-9(2)8-17-12-7-10(14)5-6-11(12)13(15)16/h5-7,9H,3-4,8H2,1-2H3,(H3,15,16). The molecule has 0 aliphatic heterocycles. The summed E-state index contributed by atoms with van der Waals surface area (Å²) >= 11 is 3.39. The van der Waals surface area contributed by atoms with Crippen molar-refractivity contribution in [3.63, 3.8) is 0 Å². The average Bonchev–Trinajstić information content (AvgIpc) is 2.26. The molecule has 0 heterocycles. The van der Waals surface area contributed by atoms with Crippen LogP contribution >= 0.6 is 15.9 Å². The van der Waals surface area contributed by atoms with Gasteiger partial charge >= 0.3 is 0 Å². The van der Waals surface area contributed by atoms with Crippen LogP contribution < -0.4 is 10.5 Å². The lowest BCUT2D eigenvalue weighted by atomic mass is 10.1. The maximum atomic E-state index is 7.50. The van der Waals surface area contributed by atoms with Crippen LogP contribution in [0.25, 0.3) is 0 Å². The van der Waals surface area contributed by atoms with Gasteiger partial charge in [-0.1, -0.05) is 36.2 Å². The second-order valence-electron chi connectivity index (χ2n) is 4.26. The molecule has 1 aromatic rings. The molecule has 0 saturated carbocycles. The number of nitrogens with one attached hydrogen (secondary N) is 1. The molecule has 1 unspecified atom stereocenters. The molecule has 0 aromatic heterocycles. The van der Waals surface area contributed by atoms with Gasteiger partial charge in [-0.25, -0.2) is 0 Å². The van der Waals surface area contributed by atoms with Crippen molar-refractivity contribution >= 4 is 21.8 Å². The van der Waals surface area contributed by atoms with Gasteiger partial charge in [0.2, 0.25) is 0 Å². The summed E-state index contributed by atoms with van der Waals surface area (Å²) in [6.45, 7) is 4.98. The lowest BCUT2D eigenvalue weighted by Gasteiger charge is -2.14. The molecule has 0 bridgehead atoms. The fraction of sp³-hybridized carbons (Fsp3) is 0.462. The summed E-state index contributed by atoms with van der Waals surface area (Å²) in [5.41, 5.74) is 6.17. The van der Waals surface area contributed by atoms with Crippen LogP contribution in [0.1, 0.15) is 32.3 Å². The topological polar surface area (TPSA) is 59.1 Å². The Labute approximate surface area is 111 Å². The van der Waals surface area contributed by atoms with Crippen molar-refractivity contribution in [3.05, 3.63) is 28.2 Å². The van der Waals surface area contributed by atoms with Gasteiger partial charge in [-0.2, -0.15) is 0 Å². The second kappa shape index (κ2) is 6.64. The third-order valence-electron chi connectivity index (χ3n) is 2.54. The third kappa shape index (κ3) is 4.38.